The Bertz CT molecular complexity index is 442. The van der Waals surface area contributed by atoms with E-state index in [-0.39, 0.29) is 17.8 Å². The summed E-state index contributed by atoms with van der Waals surface area (Å²) in [6.07, 6.45) is 1.64. The highest BCUT2D eigenvalue weighted by Crippen LogP contribution is 2.09. The molecule has 0 N–H and O–H groups in total. The molecule has 1 aromatic carbocycles. The molecule has 1 aromatic rings. The van der Waals surface area contributed by atoms with E-state index in [1.165, 1.54) is 7.11 Å². The van der Waals surface area contributed by atoms with Gasteiger partial charge in [0.25, 0.3) is 5.91 Å². The van der Waals surface area contributed by atoms with Crippen LogP contribution in [0.4, 0.5) is 0 Å². The molecule has 4 nitrogen and oxygen atoms in total. The topological polar surface area (TPSA) is 46.6 Å². The number of hydrogen-bond acceptors (Lipinski definition) is 3. The van der Waals surface area contributed by atoms with Gasteiger partial charge in [-0.25, -0.2) is 0 Å². The first-order valence-corrected chi connectivity index (χ1v) is 6.13. The van der Waals surface area contributed by atoms with E-state index in [1.807, 2.05) is 18.2 Å². The molecular formula is C15H19NO3. The van der Waals surface area contributed by atoms with Gasteiger partial charge in [0.15, 0.2) is 0 Å². The van der Waals surface area contributed by atoms with Crippen LogP contribution in [0.2, 0.25) is 0 Å². The van der Waals surface area contributed by atoms with E-state index in [0.717, 1.165) is 0 Å². The molecule has 1 unspecified atom stereocenters. The molecule has 19 heavy (non-hydrogen) atoms. The van der Waals surface area contributed by atoms with Crippen LogP contribution in [0.25, 0.3) is 0 Å². The lowest BCUT2D eigenvalue weighted by Crippen LogP contribution is -2.37. The van der Waals surface area contributed by atoms with Gasteiger partial charge in [0.1, 0.15) is 0 Å². The quantitative estimate of drug-likeness (QED) is 0.582. The number of carbonyl (C=O) groups is 2. The van der Waals surface area contributed by atoms with Gasteiger partial charge in [-0.2, -0.15) is 0 Å². The number of amides is 1. The maximum atomic E-state index is 12.3. The fourth-order valence-electron chi connectivity index (χ4n) is 1.77. The lowest BCUT2D eigenvalue weighted by molar-refractivity contribution is -0.145. The smallest absolute Gasteiger partial charge is 0.310 e. The molecule has 0 bridgehead atoms. The van der Waals surface area contributed by atoms with E-state index < -0.39 is 0 Å². The molecule has 0 heterocycles. The Kier molecular flexibility index (Phi) is 5.79. The van der Waals surface area contributed by atoms with Gasteiger partial charge in [0.2, 0.25) is 0 Å². The maximum absolute atomic E-state index is 12.3. The molecule has 0 saturated carbocycles. The molecule has 0 aliphatic carbocycles. The fraction of sp³-hybridized carbons (Fsp3) is 0.333. The Morgan fingerprint density at radius 3 is 2.53 bits per heavy atom. The van der Waals surface area contributed by atoms with Gasteiger partial charge in [0.05, 0.1) is 13.0 Å². The Morgan fingerprint density at radius 1 is 1.37 bits per heavy atom. The van der Waals surface area contributed by atoms with Crippen molar-refractivity contribution in [2.75, 3.05) is 20.2 Å². The first-order valence-electron chi connectivity index (χ1n) is 6.13. The number of rotatable bonds is 6. The van der Waals surface area contributed by atoms with Crippen LogP contribution >= 0.6 is 0 Å². The molecule has 0 spiro atoms. The molecule has 0 aliphatic heterocycles. The van der Waals surface area contributed by atoms with E-state index in [0.29, 0.717) is 18.7 Å². The summed E-state index contributed by atoms with van der Waals surface area (Å²) in [4.78, 5) is 25.3. The van der Waals surface area contributed by atoms with Crippen molar-refractivity contribution in [3.05, 3.63) is 48.6 Å². The van der Waals surface area contributed by atoms with Crippen molar-refractivity contribution in [1.82, 2.24) is 4.90 Å². The van der Waals surface area contributed by atoms with Crippen molar-refractivity contribution in [2.45, 2.75) is 6.92 Å². The second kappa shape index (κ2) is 7.36. The average molecular weight is 261 g/mol. The number of ether oxygens (including phenoxy) is 1. The summed E-state index contributed by atoms with van der Waals surface area (Å²) in [7, 11) is 1.34. The summed E-state index contributed by atoms with van der Waals surface area (Å²) >= 11 is 0. The number of nitrogens with zero attached hydrogens (tertiary/aromatic N) is 1. The van der Waals surface area contributed by atoms with Gasteiger partial charge >= 0.3 is 5.97 Å². The number of methoxy groups -OCH3 is 1. The summed E-state index contributed by atoms with van der Waals surface area (Å²) in [5.41, 5.74) is 0.599. The fourth-order valence-corrected chi connectivity index (χ4v) is 1.77. The van der Waals surface area contributed by atoms with E-state index in [1.54, 1.807) is 30.0 Å². The SMILES string of the molecule is C=CCN(CC(C)C(=O)OC)C(=O)c1ccccc1. The first-order chi connectivity index (χ1) is 9.10. The van der Waals surface area contributed by atoms with Crippen molar-refractivity contribution in [1.29, 1.82) is 0 Å². The standard InChI is InChI=1S/C15H19NO3/c1-4-10-16(11-12(2)15(18)19-3)14(17)13-8-6-5-7-9-13/h4-9,12H,1,10-11H2,2-3H3. The average Bonchev–Trinajstić information content (AvgIpc) is 2.45. The normalized spacial score (nSPS) is 11.5. The summed E-state index contributed by atoms with van der Waals surface area (Å²) in [5.74, 6) is -0.802. The van der Waals surface area contributed by atoms with Crippen molar-refractivity contribution in [3.63, 3.8) is 0 Å². The highest BCUT2D eigenvalue weighted by molar-refractivity contribution is 5.94. The zero-order chi connectivity index (χ0) is 14.3. The molecule has 1 rings (SSSR count). The van der Waals surface area contributed by atoms with E-state index >= 15 is 0 Å². The number of hydrogen-bond donors (Lipinski definition) is 0. The molecule has 1 atom stereocenters. The Labute approximate surface area is 113 Å². The highest BCUT2D eigenvalue weighted by Gasteiger charge is 2.21. The minimum Gasteiger partial charge on any atom is -0.469 e. The second-order valence-corrected chi connectivity index (χ2v) is 4.29. The monoisotopic (exact) mass is 261 g/mol. The molecule has 0 aliphatic rings. The van der Waals surface area contributed by atoms with Crippen LogP contribution in [0.1, 0.15) is 17.3 Å². The summed E-state index contributed by atoms with van der Waals surface area (Å²) in [6.45, 7) is 6.08. The van der Waals surface area contributed by atoms with Crippen LogP contribution < -0.4 is 0 Å². The number of esters is 1. The molecule has 0 radical (unpaired) electrons. The van der Waals surface area contributed by atoms with Crippen LogP contribution in [0.3, 0.4) is 0 Å². The van der Waals surface area contributed by atoms with Crippen molar-refractivity contribution in [3.8, 4) is 0 Å². The van der Waals surface area contributed by atoms with Gasteiger partial charge in [-0.05, 0) is 12.1 Å². The van der Waals surface area contributed by atoms with Crippen molar-refractivity contribution in [2.24, 2.45) is 5.92 Å². The van der Waals surface area contributed by atoms with Crippen LogP contribution in [0.15, 0.2) is 43.0 Å². The molecule has 1 amide bonds. The van der Waals surface area contributed by atoms with Crippen LogP contribution in [-0.4, -0.2) is 37.0 Å². The lowest BCUT2D eigenvalue weighted by atomic mass is 10.1. The van der Waals surface area contributed by atoms with Crippen LogP contribution in [0.5, 0.6) is 0 Å². The molecular weight excluding hydrogens is 242 g/mol. The molecule has 0 fully saturated rings. The highest BCUT2D eigenvalue weighted by atomic mass is 16.5. The molecule has 4 heteroatoms. The third-order valence-corrected chi connectivity index (χ3v) is 2.76. The predicted octanol–water partition coefficient (Wildman–Crippen LogP) is 2.12. The lowest BCUT2D eigenvalue weighted by Gasteiger charge is -2.23. The number of carbonyl (C=O) groups excluding carboxylic acids is 2. The van der Waals surface area contributed by atoms with Gasteiger partial charge in [-0.3, -0.25) is 9.59 Å². The summed E-state index contributed by atoms with van der Waals surface area (Å²) in [5, 5.41) is 0. The van der Waals surface area contributed by atoms with Gasteiger partial charge in [-0.1, -0.05) is 31.2 Å². The predicted molar refractivity (Wildman–Crippen MR) is 73.7 cm³/mol. The Morgan fingerprint density at radius 2 is 2.00 bits per heavy atom. The third kappa shape index (κ3) is 4.25. The minimum absolute atomic E-state index is 0.115. The zero-order valence-electron chi connectivity index (χ0n) is 11.3. The third-order valence-electron chi connectivity index (χ3n) is 2.76. The van der Waals surface area contributed by atoms with Crippen LogP contribution in [-0.2, 0) is 9.53 Å². The molecule has 102 valence electrons. The van der Waals surface area contributed by atoms with Crippen molar-refractivity contribution < 1.29 is 14.3 Å². The molecule has 0 aromatic heterocycles. The minimum atomic E-state index is -0.363. The maximum Gasteiger partial charge on any atom is 0.310 e. The largest absolute Gasteiger partial charge is 0.469 e. The summed E-state index contributed by atoms with van der Waals surface area (Å²) < 4.78 is 4.67. The summed E-state index contributed by atoms with van der Waals surface area (Å²) in [6, 6.07) is 8.97. The van der Waals surface area contributed by atoms with Gasteiger partial charge in [0, 0.05) is 18.7 Å². The van der Waals surface area contributed by atoms with Gasteiger partial charge in [-0.15, -0.1) is 6.58 Å². The number of benzene rings is 1. The zero-order valence-corrected chi connectivity index (χ0v) is 11.3. The Hall–Kier alpha value is -2.10. The van der Waals surface area contributed by atoms with E-state index in [2.05, 4.69) is 11.3 Å². The van der Waals surface area contributed by atoms with E-state index in [9.17, 15) is 9.59 Å². The first kappa shape index (κ1) is 15.0. The Balaban J connectivity index is 2.80. The molecule has 0 saturated heterocycles. The van der Waals surface area contributed by atoms with Gasteiger partial charge < -0.3 is 9.64 Å². The second-order valence-electron chi connectivity index (χ2n) is 4.29. The van der Waals surface area contributed by atoms with Crippen molar-refractivity contribution >= 4 is 11.9 Å². The van der Waals surface area contributed by atoms with E-state index in [4.69, 9.17) is 0 Å². The van der Waals surface area contributed by atoms with Crippen LogP contribution in [0, 0.1) is 5.92 Å².